The first-order valence-corrected chi connectivity index (χ1v) is 6.60. The number of hydrogen-bond donors (Lipinski definition) is 1. The maximum absolute atomic E-state index is 11.5. The maximum Gasteiger partial charge on any atom is 0.397 e. The van der Waals surface area contributed by atoms with Crippen LogP contribution in [-0.2, 0) is 14.3 Å². The highest BCUT2D eigenvalue weighted by Gasteiger charge is 2.15. The number of carbonyl (C=O) groups excluding carboxylic acids is 2. The van der Waals surface area contributed by atoms with Gasteiger partial charge in [0, 0.05) is 10.7 Å². The molecule has 0 fully saturated rings. The number of carbonyl (C=O) groups is 2. The Labute approximate surface area is 118 Å². The topological polar surface area (TPSA) is 55.4 Å². The molecule has 0 bridgehead atoms. The first-order chi connectivity index (χ1) is 8.99. The van der Waals surface area contributed by atoms with Gasteiger partial charge < -0.3 is 10.1 Å². The fourth-order valence-electron chi connectivity index (χ4n) is 1.44. The van der Waals surface area contributed by atoms with E-state index in [1.54, 1.807) is 24.3 Å². The molecule has 0 saturated heterocycles. The Hall–Kier alpha value is -1.55. The van der Waals surface area contributed by atoms with Gasteiger partial charge in [-0.2, -0.15) is 0 Å². The van der Waals surface area contributed by atoms with Gasteiger partial charge >= 0.3 is 11.9 Å². The minimum absolute atomic E-state index is 0.269. The number of hydrogen-bond acceptors (Lipinski definition) is 3. The summed E-state index contributed by atoms with van der Waals surface area (Å²) in [5, 5.41) is 3.01. The molecule has 4 nitrogen and oxygen atoms in total. The van der Waals surface area contributed by atoms with Crippen LogP contribution in [0.1, 0.15) is 26.7 Å². The van der Waals surface area contributed by atoms with Gasteiger partial charge in [-0.1, -0.05) is 25.4 Å². The van der Waals surface area contributed by atoms with Crippen LogP contribution in [0.5, 0.6) is 0 Å². The van der Waals surface area contributed by atoms with Crippen molar-refractivity contribution in [3.63, 3.8) is 0 Å². The van der Waals surface area contributed by atoms with E-state index in [0.29, 0.717) is 16.6 Å². The molecule has 0 aromatic heterocycles. The second-order valence-corrected chi connectivity index (χ2v) is 5.07. The van der Waals surface area contributed by atoms with Gasteiger partial charge in [0.25, 0.3) is 0 Å². The van der Waals surface area contributed by atoms with Gasteiger partial charge in [0.15, 0.2) is 0 Å². The van der Waals surface area contributed by atoms with Gasteiger partial charge in [-0.3, -0.25) is 4.79 Å². The quantitative estimate of drug-likeness (QED) is 0.513. The van der Waals surface area contributed by atoms with Crippen molar-refractivity contribution in [3.8, 4) is 0 Å². The highest BCUT2D eigenvalue weighted by atomic mass is 35.5. The Bertz CT molecular complexity index is 429. The lowest BCUT2D eigenvalue weighted by Gasteiger charge is -2.07. The summed E-state index contributed by atoms with van der Waals surface area (Å²) >= 11 is 5.72. The summed E-state index contributed by atoms with van der Waals surface area (Å²) in [6, 6.07) is 6.49. The molecule has 0 radical (unpaired) electrons. The molecular formula is C14H18ClNO3. The number of ether oxygens (including phenoxy) is 1. The standard InChI is InChI=1S/C14H18ClNO3/c1-10(2)4-3-9-19-14(18)13(17)16-12-7-5-11(15)6-8-12/h5-8,10H,3-4,9H2,1-2H3,(H,16,17). The van der Waals surface area contributed by atoms with E-state index in [0.717, 1.165) is 12.8 Å². The van der Waals surface area contributed by atoms with Crippen molar-refractivity contribution in [2.75, 3.05) is 11.9 Å². The SMILES string of the molecule is CC(C)CCCOC(=O)C(=O)Nc1ccc(Cl)cc1. The summed E-state index contributed by atoms with van der Waals surface area (Å²) in [6.45, 7) is 4.45. The lowest BCUT2D eigenvalue weighted by molar-refractivity contribution is -0.152. The summed E-state index contributed by atoms with van der Waals surface area (Å²) in [5.41, 5.74) is 0.508. The van der Waals surface area contributed by atoms with E-state index < -0.39 is 11.9 Å². The third-order valence-corrected chi connectivity index (χ3v) is 2.70. The molecule has 1 aromatic carbocycles. The average Bonchev–Trinajstić information content (AvgIpc) is 2.36. The number of halogens is 1. The van der Waals surface area contributed by atoms with Crippen LogP contribution in [0.2, 0.25) is 5.02 Å². The molecule has 0 saturated carbocycles. The van der Waals surface area contributed by atoms with Gasteiger partial charge in [0.05, 0.1) is 6.61 Å². The Morgan fingerprint density at radius 3 is 2.47 bits per heavy atom. The molecule has 19 heavy (non-hydrogen) atoms. The second kappa shape index (κ2) is 7.79. The Balaban J connectivity index is 2.32. The van der Waals surface area contributed by atoms with Gasteiger partial charge in [-0.25, -0.2) is 4.79 Å². The molecular weight excluding hydrogens is 266 g/mol. The van der Waals surface area contributed by atoms with E-state index in [-0.39, 0.29) is 6.61 Å². The Morgan fingerprint density at radius 1 is 1.26 bits per heavy atom. The summed E-state index contributed by atoms with van der Waals surface area (Å²) < 4.78 is 4.87. The van der Waals surface area contributed by atoms with Crippen molar-refractivity contribution in [3.05, 3.63) is 29.3 Å². The minimum atomic E-state index is -0.862. The van der Waals surface area contributed by atoms with Crippen LogP contribution in [0.4, 0.5) is 5.69 Å². The molecule has 0 spiro atoms. The molecule has 0 atom stereocenters. The summed E-state index contributed by atoms with van der Waals surface area (Å²) in [6.07, 6.45) is 1.73. The zero-order chi connectivity index (χ0) is 14.3. The number of esters is 1. The second-order valence-electron chi connectivity index (χ2n) is 4.63. The van der Waals surface area contributed by atoms with Crippen LogP contribution in [0.15, 0.2) is 24.3 Å². The van der Waals surface area contributed by atoms with Crippen LogP contribution in [-0.4, -0.2) is 18.5 Å². The van der Waals surface area contributed by atoms with Gasteiger partial charge in [-0.05, 0) is 43.0 Å². The molecule has 0 unspecified atom stereocenters. The Morgan fingerprint density at radius 2 is 1.89 bits per heavy atom. The fourth-order valence-corrected chi connectivity index (χ4v) is 1.56. The maximum atomic E-state index is 11.5. The number of nitrogens with one attached hydrogen (secondary N) is 1. The molecule has 5 heteroatoms. The number of rotatable bonds is 5. The van der Waals surface area contributed by atoms with Crippen LogP contribution in [0, 0.1) is 5.92 Å². The summed E-state index contributed by atoms with van der Waals surface area (Å²) in [7, 11) is 0. The molecule has 1 rings (SSSR count). The van der Waals surface area contributed by atoms with E-state index in [9.17, 15) is 9.59 Å². The average molecular weight is 284 g/mol. The molecule has 104 valence electrons. The molecule has 0 aliphatic rings. The van der Waals surface area contributed by atoms with Crippen LogP contribution in [0.25, 0.3) is 0 Å². The summed E-state index contributed by atoms with van der Waals surface area (Å²) in [5.74, 6) is -1.08. The smallest absolute Gasteiger partial charge is 0.397 e. The van der Waals surface area contributed by atoms with Crippen LogP contribution >= 0.6 is 11.6 Å². The Kier molecular flexibility index (Phi) is 6.36. The molecule has 1 amide bonds. The van der Waals surface area contributed by atoms with Gasteiger partial charge in [-0.15, -0.1) is 0 Å². The predicted octanol–water partition coefficient (Wildman–Crippen LogP) is 3.26. The largest absolute Gasteiger partial charge is 0.459 e. The molecule has 0 aliphatic heterocycles. The van der Waals surface area contributed by atoms with Crippen molar-refractivity contribution >= 4 is 29.2 Å². The molecule has 0 aliphatic carbocycles. The van der Waals surface area contributed by atoms with Crippen LogP contribution < -0.4 is 5.32 Å². The van der Waals surface area contributed by atoms with Crippen molar-refractivity contribution in [2.24, 2.45) is 5.92 Å². The monoisotopic (exact) mass is 283 g/mol. The third-order valence-electron chi connectivity index (χ3n) is 2.45. The van der Waals surface area contributed by atoms with Crippen molar-refractivity contribution in [2.45, 2.75) is 26.7 Å². The van der Waals surface area contributed by atoms with E-state index in [4.69, 9.17) is 16.3 Å². The first-order valence-electron chi connectivity index (χ1n) is 6.22. The lowest BCUT2D eigenvalue weighted by atomic mass is 10.1. The van der Waals surface area contributed by atoms with E-state index in [2.05, 4.69) is 19.2 Å². The van der Waals surface area contributed by atoms with Crippen molar-refractivity contribution in [1.29, 1.82) is 0 Å². The van der Waals surface area contributed by atoms with Crippen molar-refractivity contribution in [1.82, 2.24) is 0 Å². The lowest BCUT2D eigenvalue weighted by Crippen LogP contribution is -2.25. The van der Waals surface area contributed by atoms with Gasteiger partial charge in [0.2, 0.25) is 0 Å². The number of benzene rings is 1. The molecule has 1 aromatic rings. The molecule has 0 heterocycles. The number of anilines is 1. The van der Waals surface area contributed by atoms with E-state index >= 15 is 0 Å². The fraction of sp³-hybridized carbons (Fsp3) is 0.429. The number of amides is 1. The van der Waals surface area contributed by atoms with Crippen molar-refractivity contribution < 1.29 is 14.3 Å². The summed E-state index contributed by atoms with van der Waals surface area (Å²) in [4.78, 5) is 22.9. The highest BCUT2D eigenvalue weighted by molar-refractivity contribution is 6.37. The predicted molar refractivity (Wildman–Crippen MR) is 75.1 cm³/mol. The highest BCUT2D eigenvalue weighted by Crippen LogP contribution is 2.13. The molecule has 1 N–H and O–H groups in total. The normalized spacial score (nSPS) is 10.3. The first kappa shape index (κ1) is 15.5. The third kappa shape index (κ3) is 6.25. The van der Waals surface area contributed by atoms with E-state index in [1.165, 1.54) is 0 Å². The van der Waals surface area contributed by atoms with Crippen LogP contribution in [0.3, 0.4) is 0 Å². The van der Waals surface area contributed by atoms with Gasteiger partial charge in [0.1, 0.15) is 0 Å². The minimum Gasteiger partial charge on any atom is -0.459 e. The van der Waals surface area contributed by atoms with E-state index in [1.807, 2.05) is 0 Å². The zero-order valence-corrected chi connectivity index (χ0v) is 11.9. The zero-order valence-electron chi connectivity index (χ0n) is 11.1.